The maximum Gasteiger partial charge on any atom is 0.249 e. The lowest BCUT2D eigenvalue weighted by Crippen LogP contribution is -2.36. The molecule has 0 bridgehead atoms. The van der Waals surface area contributed by atoms with E-state index in [4.69, 9.17) is 4.74 Å². The van der Waals surface area contributed by atoms with E-state index in [1.807, 2.05) is 37.3 Å². The van der Waals surface area contributed by atoms with E-state index < -0.39 is 6.04 Å². The summed E-state index contributed by atoms with van der Waals surface area (Å²) in [4.78, 5) is 29.3. The number of ether oxygens (including phenoxy) is 1. The standard InChI is InChI=1S/C20H19N5O3/c1-12-4-3-5-14(10-12)21-19(27)16-11-17(26)22-20-23-18(24-25(16)20)13-6-8-15(28-2)9-7-13/h3-10,16H,11H2,1-2H3,(H,21,27)(H,22,23,24,26). The fourth-order valence-corrected chi connectivity index (χ4v) is 3.08. The first-order valence-electron chi connectivity index (χ1n) is 8.82. The summed E-state index contributed by atoms with van der Waals surface area (Å²) in [5, 5.41) is 9.99. The minimum absolute atomic E-state index is 0.00391. The molecule has 0 radical (unpaired) electrons. The zero-order chi connectivity index (χ0) is 19.7. The number of aryl methyl sites for hydroxylation is 1. The molecule has 2 heterocycles. The van der Waals surface area contributed by atoms with Crippen molar-refractivity contribution in [2.75, 3.05) is 17.7 Å². The van der Waals surface area contributed by atoms with Crippen LogP contribution < -0.4 is 15.4 Å². The largest absolute Gasteiger partial charge is 0.497 e. The number of fused-ring (bicyclic) bond motifs is 1. The van der Waals surface area contributed by atoms with E-state index in [0.29, 0.717) is 11.5 Å². The third-order valence-electron chi connectivity index (χ3n) is 4.49. The number of hydrogen-bond acceptors (Lipinski definition) is 5. The van der Waals surface area contributed by atoms with Crippen molar-refractivity contribution in [1.29, 1.82) is 0 Å². The number of benzene rings is 2. The van der Waals surface area contributed by atoms with Crippen molar-refractivity contribution in [2.45, 2.75) is 19.4 Å². The van der Waals surface area contributed by atoms with Crippen LogP contribution in [0.3, 0.4) is 0 Å². The number of carbonyl (C=O) groups excluding carboxylic acids is 2. The third-order valence-corrected chi connectivity index (χ3v) is 4.49. The van der Waals surface area contributed by atoms with Crippen molar-refractivity contribution in [3.05, 3.63) is 54.1 Å². The minimum Gasteiger partial charge on any atom is -0.497 e. The number of carbonyl (C=O) groups is 2. The molecule has 2 N–H and O–H groups in total. The minimum atomic E-state index is -0.774. The van der Waals surface area contributed by atoms with Gasteiger partial charge < -0.3 is 10.1 Å². The first-order valence-corrected chi connectivity index (χ1v) is 8.82. The molecule has 1 aliphatic rings. The zero-order valence-corrected chi connectivity index (χ0v) is 15.5. The monoisotopic (exact) mass is 377 g/mol. The molecule has 0 saturated carbocycles. The summed E-state index contributed by atoms with van der Waals surface area (Å²) in [6, 6.07) is 14.0. The summed E-state index contributed by atoms with van der Waals surface area (Å²) < 4.78 is 6.62. The second-order valence-electron chi connectivity index (χ2n) is 6.56. The van der Waals surface area contributed by atoms with Gasteiger partial charge in [-0.15, -0.1) is 5.10 Å². The Bertz CT molecular complexity index is 1040. The number of amides is 2. The molecule has 3 aromatic rings. The number of anilines is 2. The Morgan fingerprint density at radius 1 is 1.25 bits per heavy atom. The number of aromatic nitrogens is 3. The van der Waals surface area contributed by atoms with Gasteiger partial charge in [0.1, 0.15) is 11.8 Å². The lowest BCUT2D eigenvalue weighted by Gasteiger charge is -2.22. The number of nitrogens with zero attached hydrogens (tertiary/aromatic N) is 3. The quantitative estimate of drug-likeness (QED) is 0.729. The molecule has 0 aliphatic carbocycles. The molecule has 1 unspecified atom stereocenters. The van der Waals surface area contributed by atoms with Crippen LogP contribution in [0.2, 0.25) is 0 Å². The van der Waals surface area contributed by atoms with Crippen molar-refractivity contribution >= 4 is 23.5 Å². The summed E-state index contributed by atoms with van der Waals surface area (Å²) in [5.74, 6) is 0.814. The van der Waals surface area contributed by atoms with Gasteiger partial charge in [0.05, 0.1) is 13.5 Å². The second kappa shape index (κ2) is 7.15. The predicted octanol–water partition coefficient (Wildman–Crippen LogP) is 2.78. The van der Waals surface area contributed by atoms with E-state index in [9.17, 15) is 9.59 Å². The number of hydrogen-bond donors (Lipinski definition) is 2. The Labute approximate surface area is 161 Å². The summed E-state index contributed by atoms with van der Waals surface area (Å²) in [6.45, 7) is 1.94. The summed E-state index contributed by atoms with van der Waals surface area (Å²) in [5.41, 5.74) is 2.46. The zero-order valence-electron chi connectivity index (χ0n) is 15.5. The molecule has 0 saturated heterocycles. The summed E-state index contributed by atoms with van der Waals surface area (Å²) in [6.07, 6.45) is -0.00391. The number of methoxy groups -OCH3 is 1. The molecule has 0 spiro atoms. The highest BCUT2D eigenvalue weighted by Gasteiger charge is 2.33. The Kier molecular flexibility index (Phi) is 4.52. The highest BCUT2D eigenvalue weighted by Crippen LogP contribution is 2.28. The Hall–Kier alpha value is -3.68. The Balaban J connectivity index is 1.63. The van der Waals surface area contributed by atoms with Crippen LogP contribution in [-0.4, -0.2) is 33.7 Å². The Morgan fingerprint density at radius 2 is 2.04 bits per heavy atom. The lowest BCUT2D eigenvalue weighted by atomic mass is 10.1. The van der Waals surface area contributed by atoms with Gasteiger partial charge in [-0.3, -0.25) is 14.9 Å². The van der Waals surface area contributed by atoms with Gasteiger partial charge in [-0.1, -0.05) is 12.1 Å². The van der Waals surface area contributed by atoms with Gasteiger partial charge in [-0.25, -0.2) is 4.68 Å². The third kappa shape index (κ3) is 3.44. The number of rotatable bonds is 4. The normalized spacial score (nSPS) is 15.5. The van der Waals surface area contributed by atoms with Crippen LogP contribution in [0.25, 0.3) is 11.4 Å². The highest BCUT2D eigenvalue weighted by atomic mass is 16.5. The van der Waals surface area contributed by atoms with E-state index in [-0.39, 0.29) is 24.2 Å². The molecule has 2 amide bonds. The van der Waals surface area contributed by atoms with Crippen LogP contribution in [0.1, 0.15) is 18.0 Å². The van der Waals surface area contributed by atoms with Crippen molar-refractivity contribution in [3.63, 3.8) is 0 Å². The SMILES string of the molecule is COc1ccc(-c2nc3n(n2)C(C(=O)Nc2cccc(C)c2)CC(=O)N3)cc1. The van der Waals surface area contributed by atoms with Gasteiger partial charge in [0, 0.05) is 11.3 Å². The number of nitrogens with one attached hydrogen (secondary N) is 2. The van der Waals surface area contributed by atoms with Gasteiger partial charge in [0.2, 0.25) is 17.8 Å². The van der Waals surface area contributed by atoms with Crippen molar-refractivity contribution in [3.8, 4) is 17.1 Å². The van der Waals surface area contributed by atoms with Crippen LogP contribution in [0, 0.1) is 6.92 Å². The molecule has 1 aliphatic heterocycles. The smallest absolute Gasteiger partial charge is 0.249 e. The fourth-order valence-electron chi connectivity index (χ4n) is 3.08. The van der Waals surface area contributed by atoms with Crippen LogP contribution in [0.5, 0.6) is 5.75 Å². The van der Waals surface area contributed by atoms with E-state index in [0.717, 1.165) is 16.9 Å². The average molecular weight is 377 g/mol. The first-order chi connectivity index (χ1) is 13.5. The van der Waals surface area contributed by atoms with Crippen LogP contribution in [-0.2, 0) is 9.59 Å². The van der Waals surface area contributed by atoms with Crippen molar-refractivity contribution in [1.82, 2.24) is 14.8 Å². The fraction of sp³-hybridized carbons (Fsp3) is 0.200. The maximum absolute atomic E-state index is 12.8. The highest BCUT2D eigenvalue weighted by molar-refractivity contribution is 6.00. The summed E-state index contributed by atoms with van der Waals surface area (Å²) in [7, 11) is 1.59. The molecular formula is C20H19N5O3. The molecule has 28 heavy (non-hydrogen) atoms. The molecule has 1 aromatic heterocycles. The van der Waals surface area contributed by atoms with Gasteiger partial charge in [-0.2, -0.15) is 4.98 Å². The molecule has 4 rings (SSSR count). The molecule has 8 heteroatoms. The van der Waals surface area contributed by atoms with Gasteiger partial charge in [0.15, 0.2) is 5.82 Å². The molecule has 2 aromatic carbocycles. The molecular weight excluding hydrogens is 358 g/mol. The maximum atomic E-state index is 12.8. The van der Waals surface area contributed by atoms with Crippen LogP contribution >= 0.6 is 0 Å². The van der Waals surface area contributed by atoms with E-state index >= 15 is 0 Å². The van der Waals surface area contributed by atoms with Gasteiger partial charge in [0.25, 0.3) is 0 Å². The first kappa shape index (κ1) is 17.7. The van der Waals surface area contributed by atoms with Gasteiger partial charge in [-0.05, 0) is 48.9 Å². The van der Waals surface area contributed by atoms with Crippen molar-refractivity contribution < 1.29 is 14.3 Å². The summed E-state index contributed by atoms with van der Waals surface area (Å²) >= 11 is 0. The van der Waals surface area contributed by atoms with Crippen LogP contribution in [0.4, 0.5) is 11.6 Å². The van der Waals surface area contributed by atoms with Crippen LogP contribution in [0.15, 0.2) is 48.5 Å². The van der Waals surface area contributed by atoms with E-state index in [1.54, 1.807) is 25.3 Å². The topological polar surface area (TPSA) is 98.1 Å². The molecule has 0 fully saturated rings. The molecule has 8 nitrogen and oxygen atoms in total. The molecule has 142 valence electrons. The second-order valence-corrected chi connectivity index (χ2v) is 6.56. The van der Waals surface area contributed by atoms with Gasteiger partial charge >= 0.3 is 0 Å². The van der Waals surface area contributed by atoms with E-state index in [2.05, 4.69) is 20.7 Å². The Morgan fingerprint density at radius 3 is 2.75 bits per heavy atom. The van der Waals surface area contributed by atoms with Crippen molar-refractivity contribution in [2.24, 2.45) is 0 Å². The van der Waals surface area contributed by atoms with E-state index in [1.165, 1.54) is 4.68 Å². The lowest BCUT2D eigenvalue weighted by molar-refractivity contribution is -0.125. The molecule has 1 atom stereocenters. The predicted molar refractivity (Wildman–Crippen MR) is 104 cm³/mol. The average Bonchev–Trinajstić information content (AvgIpc) is 3.11.